The molecule has 1 atom stereocenters. The van der Waals surface area contributed by atoms with E-state index in [1.54, 1.807) is 0 Å². The molecular weight excluding hydrogens is 260 g/mol. The van der Waals surface area contributed by atoms with Crippen LogP contribution >= 0.6 is 23.4 Å². The topological polar surface area (TPSA) is 0 Å². The van der Waals surface area contributed by atoms with Gasteiger partial charge in [-0.3, -0.25) is 0 Å². The standard InChI is InChI=1S/C16H25ClS/c1-3-5-11-16(4-2,14-17)12-13-18-15-9-7-6-8-10-15/h6-10H,3-5,11-14H2,1-2H3. The van der Waals surface area contributed by atoms with Gasteiger partial charge in [0.25, 0.3) is 0 Å². The number of hydrogen-bond donors (Lipinski definition) is 0. The molecule has 0 heterocycles. The zero-order chi connectivity index (χ0) is 13.3. The Labute approximate surface area is 122 Å². The van der Waals surface area contributed by atoms with Gasteiger partial charge in [-0.05, 0) is 42.6 Å². The number of hydrogen-bond acceptors (Lipinski definition) is 1. The maximum atomic E-state index is 6.23. The van der Waals surface area contributed by atoms with Gasteiger partial charge in [-0.15, -0.1) is 23.4 Å². The minimum Gasteiger partial charge on any atom is -0.126 e. The van der Waals surface area contributed by atoms with E-state index in [1.165, 1.54) is 42.8 Å². The van der Waals surface area contributed by atoms with E-state index in [9.17, 15) is 0 Å². The third kappa shape index (κ3) is 5.24. The maximum absolute atomic E-state index is 6.23. The molecule has 102 valence electrons. The third-order valence-electron chi connectivity index (χ3n) is 3.74. The van der Waals surface area contributed by atoms with Crippen molar-refractivity contribution in [3.05, 3.63) is 30.3 Å². The van der Waals surface area contributed by atoms with Gasteiger partial charge in [-0.2, -0.15) is 0 Å². The lowest BCUT2D eigenvalue weighted by molar-refractivity contribution is 0.273. The summed E-state index contributed by atoms with van der Waals surface area (Å²) in [5, 5.41) is 0. The van der Waals surface area contributed by atoms with Crippen molar-refractivity contribution >= 4 is 23.4 Å². The van der Waals surface area contributed by atoms with Crippen LogP contribution in [0, 0.1) is 5.41 Å². The zero-order valence-corrected chi connectivity index (χ0v) is 13.2. The Bertz CT molecular complexity index is 306. The smallest absolute Gasteiger partial charge is 0.0280 e. The Morgan fingerprint density at radius 1 is 1.11 bits per heavy atom. The van der Waals surface area contributed by atoms with Gasteiger partial charge in [0.2, 0.25) is 0 Å². The lowest BCUT2D eigenvalue weighted by Gasteiger charge is -2.30. The molecular formula is C16H25ClS. The van der Waals surface area contributed by atoms with Gasteiger partial charge in [-0.1, -0.05) is 44.9 Å². The molecule has 0 radical (unpaired) electrons. The molecule has 1 unspecified atom stereocenters. The first kappa shape index (κ1) is 15.9. The van der Waals surface area contributed by atoms with Crippen molar-refractivity contribution in [2.45, 2.75) is 50.8 Å². The van der Waals surface area contributed by atoms with Crippen molar-refractivity contribution in [3.8, 4) is 0 Å². The number of halogens is 1. The van der Waals surface area contributed by atoms with E-state index in [4.69, 9.17) is 11.6 Å². The summed E-state index contributed by atoms with van der Waals surface area (Å²) in [4.78, 5) is 1.37. The van der Waals surface area contributed by atoms with E-state index in [-0.39, 0.29) is 0 Å². The SMILES string of the molecule is CCCCC(CC)(CCl)CCSc1ccccc1. The normalized spacial score (nSPS) is 14.4. The average Bonchev–Trinajstić information content (AvgIpc) is 2.44. The molecule has 0 nitrogen and oxygen atoms in total. The molecule has 0 aromatic heterocycles. The van der Waals surface area contributed by atoms with E-state index in [1.807, 2.05) is 11.8 Å². The highest BCUT2D eigenvalue weighted by Crippen LogP contribution is 2.36. The predicted molar refractivity (Wildman–Crippen MR) is 84.8 cm³/mol. The molecule has 1 aromatic carbocycles. The summed E-state index contributed by atoms with van der Waals surface area (Å²) in [5.41, 5.74) is 0.360. The molecule has 0 N–H and O–H groups in total. The summed E-state index contributed by atoms with van der Waals surface area (Å²) in [6.07, 6.45) is 6.28. The van der Waals surface area contributed by atoms with Gasteiger partial charge < -0.3 is 0 Å². The summed E-state index contributed by atoms with van der Waals surface area (Å²) in [5.74, 6) is 1.98. The molecule has 0 aliphatic heterocycles. The monoisotopic (exact) mass is 284 g/mol. The Balaban J connectivity index is 2.42. The fourth-order valence-corrected chi connectivity index (χ4v) is 3.74. The molecule has 1 aromatic rings. The highest BCUT2D eigenvalue weighted by Gasteiger charge is 2.25. The van der Waals surface area contributed by atoms with Crippen molar-refractivity contribution in [3.63, 3.8) is 0 Å². The summed E-state index contributed by atoms with van der Waals surface area (Å²) in [6, 6.07) is 10.7. The van der Waals surface area contributed by atoms with Crippen LogP contribution in [0.2, 0.25) is 0 Å². The Morgan fingerprint density at radius 2 is 1.83 bits per heavy atom. The Hall–Kier alpha value is -0.140. The summed E-state index contributed by atoms with van der Waals surface area (Å²) < 4.78 is 0. The van der Waals surface area contributed by atoms with Crippen molar-refractivity contribution in [1.29, 1.82) is 0 Å². The lowest BCUT2D eigenvalue weighted by Crippen LogP contribution is -2.23. The molecule has 0 fully saturated rings. The zero-order valence-electron chi connectivity index (χ0n) is 11.6. The first-order valence-corrected chi connectivity index (χ1v) is 8.52. The van der Waals surface area contributed by atoms with E-state index in [2.05, 4.69) is 44.2 Å². The van der Waals surface area contributed by atoms with Gasteiger partial charge >= 0.3 is 0 Å². The van der Waals surface area contributed by atoms with Crippen molar-refractivity contribution in [2.75, 3.05) is 11.6 Å². The first-order valence-electron chi connectivity index (χ1n) is 7.00. The first-order chi connectivity index (χ1) is 8.76. The van der Waals surface area contributed by atoms with Crippen LogP contribution < -0.4 is 0 Å². The van der Waals surface area contributed by atoms with Crippen LogP contribution in [0.25, 0.3) is 0 Å². The van der Waals surface area contributed by atoms with Crippen LogP contribution in [-0.2, 0) is 0 Å². The lowest BCUT2D eigenvalue weighted by atomic mass is 9.80. The molecule has 0 saturated heterocycles. The second-order valence-corrected chi connectivity index (χ2v) is 6.44. The maximum Gasteiger partial charge on any atom is 0.0280 e. The van der Waals surface area contributed by atoms with Crippen LogP contribution in [0.3, 0.4) is 0 Å². The second-order valence-electron chi connectivity index (χ2n) is 5.00. The van der Waals surface area contributed by atoms with E-state index >= 15 is 0 Å². The second kappa shape index (κ2) is 8.87. The van der Waals surface area contributed by atoms with Crippen molar-refractivity contribution in [1.82, 2.24) is 0 Å². The van der Waals surface area contributed by atoms with Gasteiger partial charge in [0.1, 0.15) is 0 Å². The number of benzene rings is 1. The molecule has 18 heavy (non-hydrogen) atoms. The minimum atomic E-state index is 0.360. The predicted octanol–water partition coefficient (Wildman–Crippen LogP) is 5.99. The minimum absolute atomic E-state index is 0.360. The number of rotatable bonds is 9. The molecule has 2 heteroatoms. The van der Waals surface area contributed by atoms with E-state index in [0.717, 1.165) is 5.88 Å². The van der Waals surface area contributed by atoms with Crippen LogP contribution in [0.5, 0.6) is 0 Å². The van der Waals surface area contributed by atoms with Crippen molar-refractivity contribution in [2.24, 2.45) is 5.41 Å². The summed E-state index contributed by atoms with van der Waals surface area (Å²) in [7, 11) is 0. The van der Waals surface area contributed by atoms with Gasteiger partial charge in [-0.25, -0.2) is 0 Å². The highest BCUT2D eigenvalue weighted by molar-refractivity contribution is 7.99. The molecule has 0 aliphatic rings. The van der Waals surface area contributed by atoms with Crippen molar-refractivity contribution < 1.29 is 0 Å². The quantitative estimate of drug-likeness (QED) is 0.396. The van der Waals surface area contributed by atoms with Crippen LogP contribution in [0.4, 0.5) is 0 Å². The average molecular weight is 285 g/mol. The Kier molecular flexibility index (Phi) is 7.85. The Morgan fingerprint density at radius 3 is 2.39 bits per heavy atom. The summed E-state index contributed by atoms with van der Waals surface area (Å²) >= 11 is 8.19. The number of thioether (sulfide) groups is 1. The van der Waals surface area contributed by atoms with E-state index < -0.39 is 0 Å². The van der Waals surface area contributed by atoms with Crippen LogP contribution in [0.1, 0.15) is 46.0 Å². The van der Waals surface area contributed by atoms with Crippen LogP contribution in [-0.4, -0.2) is 11.6 Å². The van der Waals surface area contributed by atoms with Gasteiger partial charge in [0.15, 0.2) is 0 Å². The molecule has 0 bridgehead atoms. The highest BCUT2D eigenvalue weighted by atomic mass is 35.5. The number of alkyl halides is 1. The molecule has 0 amide bonds. The molecule has 0 saturated carbocycles. The largest absolute Gasteiger partial charge is 0.126 e. The fourth-order valence-electron chi connectivity index (χ4n) is 2.16. The number of unbranched alkanes of at least 4 members (excludes halogenated alkanes) is 1. The van der Waals surface area contributed by atoms with Gasteiger partial charge in [0.05, 0.1) is 0 Å². The third-order valence-corrected chi connectivity index (χ3v) is 5.32. The molecule has 1 rings (SSSR count). The molecule has 0 aliphatic carbocycles. The van der Waals surface area contributed by atoms with Gasteiger partial charge in [0, 0.05) is 10.8 Å². The summed E-state index contributed by atoms with van der Waals surface area (Å²) in [6.45, 7) is 4.54. The fraction of sp³-hybridized carbons (Fsp3) is 0.625. The van der Waals surface area contributed by atoms with Crippen LogP contribution in [0.15, 0.2) is 35.2 Å². The van der Waals surface area contributed by atoms with E-state index in [0.29, 0.717) is 5.41 Å². The molecule has 0 spiro atoms.